The predicted octanol–water partition coefficient (Wildman–Crippen LogP) is 3.43. The number of nitrogens with one attached hydrogen (secondary N) is 1. The van der Waals surface area contributed by atoms with Gasteiger partial charge in [-0.15, -0.1) is 0 Å². The van der Waals surface area contributed by atoms with Gasteiger partial charge in [0.05, 0.1) is 0 Å². The number of nitrogens with zero attached hydrogens (tertiary/aromatic N) is 1. The van der Waals surface area contributed by atoms with Gasteiger partial charge >= 0.3 is 0 Å². The summed E-state index contributed by atoms with van der Waals surface area (Å²) in [5, 5.41) is 2.79. The second-order valence-electron chi connectivity index (χ2n) is 6.12. The van der Waals surface area contributed by atoms with Crippen LogP contribution in [0.5, 0.6) is 0 Å². The SMILES string of the molecule is Cc1ccc(NC(=O)C2CCN(c3ccc(F)c(C)c3)C2=O)cc1. The fraction of sp³-hybridized carbons (Fsp3) is 0.263. The van der Waals surface area contributed by atoms with Gasteiger partial charge in [-0.05, 0) is 56.2 Å². The maximum atomic E-state index is 13.4. The molecule has 5 heteroatoms. The third-order valence-electron chi connectivity index (χ3n) is 4.29. The molecule has 1 unspecified atom stereocenters. The second kappa shape index (κ2) is 6.43. The van der Waals surface area contributed by atoms with Gasteiger partial charge in [0.25, 0.3) is 0 Å². The first-order chi connectivity index (χ1) is 11.5. The van der Waals surface area contributed by atoms with Crippen molar-refractivity contribution in [1.29, 1.82) is 0 Å². The number of hydrogen-bond donors (Lipinski definition) is 1. The number of carbonyl (C=O) groups excluding carboxylic acids is 2. The van der Waals surface area contributed by atoms with Gasteiger partial charge in [-0.1, -0.05) is 17.7 Å². The van der Waals surface area contributed by atoms with Crippen LogP contribution in [0.1, 0.15) is 17.5 Å². The quantitative estimate of drug-likeness (QED) is 0.879. The van der Waals surface area contributed by atoms with Crippen LogP contribution in [0.25, 0.3) is 0 Å². The summed E-state index contributed by atoms with van der Waals surface area (Å²) in [5.74, 6) is -1.56. The van der Waals surface area contributed by atoms with Crippen LogP contribution >= 0.6 is 0 Å². The molecule has 1 heterocycles. The van der Waals surface area contributed by atoms with E-state index in [9.17, 15) is 14.0 Å². The van der Waals surface area contributed by atoms with Crippen LogP contribution in [0.2, 0.25) is 0 Å². The Labute approximate surface area is 140 Å². The zero-order valence-corrected chi connectivity index (χ0v) is 13.7. The molecule has 1 aliphatic heterocycles. The van der Waals surface area contributed by atoms with E-state index in [0.29, 0.717) is 29.9 Å². The van der Waals surface area contributed by atoms with E-state index in [1.807, 2.05) is 31.2 Å². The van der Waals surface area contributed by atoms with Crippen LogP contribution in [0.3, 0.4) is 0 Å². The molecule has 1 saturated heterocycles. The lowest BCUT2D eigenvalue weighted by Gasteiger charge is -2.17. The van der Waals surface area contributed by atoms with E-state index in [-0.39, 0.29) is 17.6 Å². The molecule has 1 N–H and O–H groups in total. The summed E-state index contributed by atoms with van der Waals surface area (Å²) < 4.78 is 13.4. The Morgan fingerprint density at radius 1 is 1.17 bits per heavy atom. The Hall–Kier alpha value is -2.69. The summed E-state index contributed by atoms with van der Waals surface area (Å²) in [6.07, 6.45) is 0.451. The van der Waals surface area contributed by atoms with Crippen molar-refractivity contribution >= 4 is 23.2 Å². The molecule has 0 bridgehead atoms. The molecule has 0 saturated carbocycles. The summed E-state index contributed by atoms with van der Waals surface area (Å²) in [5.41, 5.74) is 2.88. The van der Waals surface area contributed by atoms with Crippen molar-refractivity contribution in [3.8, 4) is 0 Å². The van der Waals surface area contributed by atoms with E-state index in [1.165, 1.54) is 6.07 Å². The minimum atomic E-state index is -0.711. The molecule has 1 atom stereocenters. The molecule has 0 spiro atoms. The van der Waals surface area contributed by atoms with Crippen LogP contribution in [0, 0.1) is 25.6 Å². The number of aryl methyl sites for hydroxylation is 2. The van der Waals surface area contributed by atoms with Gasteiger partial charge in [0, 0.05) is 17.9 Å². The van der Waals surface area contributed by atoms with Crippen LogP contribution in [0.15, 0.2) is 42.5 Å². The number of amides is 2. The summed E-state index contributed by atoms with van der Waals surface area (Å²) >= 11 is 0. The number of hydrogen-bond acceptors (Lipinski definition) is 2. The highest BCUT2D eigenvalue weighted by atomic mass is 19.1. The first-order valence-electron chi connectivity index (χ1n) is 7.91. The number of benzene rings is 2. The van der Waals surface area contributed by atoms with Crippen molar-refractivity contribution in [2.45, 2.75) is 20.3 Å². The number of halogens is 1. The minimum Gasteiger partial charge on any atom is -0.325 e. The van der Waals surface area contributed by atoms with Gasteiger partial charge in [0.2, 0.25) is 11.8 Å². The van der Waals surface area contributed by atoms with Gasteiger partial charge in [-0.2, -0.15) is 0 Å². The van der Waals surface area contributed by atoms with Crippen LogP contribution in [-0.2, 0) is 9.59 Å². The molecule has 0 radical (unpaired) electrons. The zero-order valence-electron chi connectivity index (χ0n) is 13.7. The third kappa shape index (κ3) is 3.15. The maximum absolute atomic E-state index is 13.4. The number of carbonyl (C=O) groups is 2. The Bertz CT molecular complexity index is 786. The van der Waals surface area contributed by atoms with E-state index in [0.717, 1.165) is 5.56 Å². The van der Waals surface area contributed by atoms with Crippen molar-refractivity contribution in [2.24, 2.45) is 5.92 Å². The Morgan fingerprint density at radius 2 is 1.88 bits per heavy atom. The van der Waals surface area contributed by atoms with E-state index in [2.05, 4.69) is 5.32 Å². The summed E-state index contributed by atoms with van der Waals surface area (Å²) in [4.78, 5) is 26.5. The monoisotopic (exact) mass is 326 g/mol. The first-order valence-corrected chi connectivity index (χ1v) is 7.91. The van der Waals surface area contributed by atoms with Gasteiger partial charge in [-0.3, -0.25) is 9.59 Å². The lowest BCUT2D eigenvalue weighted by Crippen LogP contribution is -2.33. The molecule has 1 aliphatic rings. The van der Waals surface area contributed by atoms with E-state index >= 15 is 0 Å². The van der Waals surface area contributed by atoms with Crippen molar-refractivity contribution < 1.29 is 14.0 Å². The van der Waals surface area contributed by atoms with Gasteiger partial charge < -0.3 is 10.2 Å². The van der Waals surface area contributed by atoms with Crippen LogP contribution < -0.4 is 10.2 Å². The van der Waals surface area contributed by atoms with Crippen LogP contribution in [-0.4, -0.2) is 18.4 Å². The highest BCUT2D eigenvalue weighted by Gasteiger charge is 2.37. The Morgan fingerprint density at radius 3 is 2.54 bits per heavy atom. The lowest BCUT2D eigenvalue weighted by atomic mass is 10.1. The molecule has 1 fully saturated rings. The molecule has 24 heavy (non-hydrogen) atoms. The molecule has 4 nitrogen and oxygen atoms in total. The number of anilines is 2. The highest BCUT2D eigenvalue weighted by molar-refractivity contribution is 6.13. The van der Waals surface area contributed by atoms with E-state index in [4.69, 9.17) is 0 Å². The average molecular weight is 326 g/mol. The van der Waals surface area contributed by atoms with Crippen molar-refractivity contribution in [3.05, 3.63) is 59.4 Å². The Kier molecular flexibility index (Phi) is 4.34. The second-order valence-corrected chi connectivity index (χ2v) is 6.12. The molecular weight excluding hydrogens is 307 g/mol. The normalized spacial score (nSPS) is 17.2. The largest absolute Gasteiger partial charge is 0.325 e. The average Bonchev–Trinajstić information content (AvgIpc) is 2.94. The summed E-state index contributed by atoms with van der Waals surface area (Å²) in [6.45, 7) is 4.07. The molecule has 0 aromatic heterocycles. The minimum absolute atomic E-state index is 0.245. The van der Waals surface area contributed by atoms with Crippen molar-refractivity contribution in [2.75, 3.05) is 16.8 Å². The number of rotatable bonds is 3. The highest BCUT2D eigenvalue weighted by Crippen LogP contribution is 2.27. The fourth-order valence-corrected chi connectivity index (χ4v) is 2.84. The third-order valence-corrected chi connectivity index (χ3v) is 4.29. The summed E-state index contributed by atoms with van der Waals surface area (Å²) in [7, 11) is 0. The lowest BCUT2D eigenvalue weighted by molar-refractivity contribution is -0.129. The first kappa shape index (κ1) is 16.2. The van der Waals surface area contributed by atoms with Gasteiger partial charge in [-0.25, -0.2) is 4.39 Å². The molecule has 2 aromatic rings. The smallest absolute Gasteiger partial charge is 0.239 e. The van der Waals surface area contributed by atoms with E-state index < -0.39 is 5.92 Å². The maximum Gasteiger partial charge on any atom is 0.239 e. The zero-order chi connectivity index (χ0) is 17.3. The molecule has 0 aliphatic carbocycles. The summed E-state index contributed by atoms with van der Waals surface area (Å²) in [6, 6.07) is 12.0. The Balaban J connectivity index is 1.72. The fourth-order valence-electron chi connectivity index (χ4n) is 2.84. The molecular formula is C19H19FN2O2. The van der Waals surface area contributed by atoms with E-state index in [1.54, 1.807) is 24.0 Å². The molecule has 3 rings (SSSR count). The standard InChI is InChI=1S/C19H19FN2O2/c1-12-3-5-14(6-4-12)21-18(23)16-9-10-22(19(16)24)15-7-8-17(20)13(2)11-15/h3-8,11,16H,9-10H2,1-2H3,(H,21,23). The topological polar surface area (TPSA) is 49.4 Å². The van der Waals surface area contributed by atoms with Gasteiger partial charge in [0.15, 0.2) is 0 Å². The van der Waals surface area contributed by atoms with Crippen LogP contribution in [0.4, 0.5) is 15.8 Å². The molecule has 124 valence electrons. The van der Waals surface area contributed by atoms with Crippen molar-refractivity contribution in [1.82, 2.24) is 0 Å². The van der Waals surface area contributed by atoms with Gasteiger partial charge in [0.1, 0.15) is 11.7 Å². The van der Waals surface area contributed by atoms with Crippen molar-refractivity contribution in [3.63, 3.8) is 0 Å². The molecule has 2 aromatic carbocycles. The molecule has 2 amide bonds. The predicted molar refractivity (Wildman–Crippen MR) is 91.4 cm³/mol.